The fourth-order valence-electron chi connectivity index (χ4n) is 5.38. The molecule has 1 atom stereocenters. The van der Waals surface area contributed by atoms with Crippen LogP contribution in [0.2, 0.25) is 0 Å². The second-order valence-electron chi connectivity index (χ2n) is 10.6. The molecule has 4 rings (SSSR count). The molecule has 1 aliphatic rings. The van der Waals surface area contributed by atoms with Crippen molar-refractivity contribution in [2.45, 2.75) is 64.1 Å². The van der Waals surface area contributed by atoms with Gasteiger partial charge in [-0.05, 0) is 42.5 Å². The normalized spacial score (nSPS) is 14.4. The third-order valence-electron chi connectivity index (χ3n) is 7.59. The van der Waals surface area contributed by atoms with Crippen molar-refractivity contribution in [3.8, 4) is 0 Å². The highest BCUT2D eigenvalue weighted by Crippen LogP contribution is 2.25. The molecule has 0 aliphatic heterocycles. The standard InChI is InChI=1S/C32H38FN3O4S/c1-3-25-15-8-12-20-29(25)36(41(2,39)40)23-31(37)35(22-26-16-7-11-19-28(26)33)30(21-24-13-5-4-6-14-24)32(38)34-27-17-9-10-18-27/h4-8,11-16,19-20,27,30H,3,9-10,17-18,21-23H2,1-2H3,(H,34,38)/t30-/m0/s1. The number of para-hydroxylation sites is 1. The lowest BCUT2D eigenvalue weighted by Gasteiger charge is -2.34. The summed E-state index contributed by atoms with van der Waals surface area (Å²) >= 11 is 0. The second kappa shape index (κ2) is 13.8. The molecule has 0 saturated heterocycles. The number of hydrogen-bond acceptors (Lipinski definition) is 4. The number of anilines is 1. The molecule has 9 heteroatoms. The number of sulfonamides is 1. The fraction of sp³-hybridized carbons (Fsp3) is 0.375. The van der Waals surface area contributed by atoms with E-state index < -0.39 is 34.3 Å². The van der Waals surface area contributed by atoms with Crippen molar-refractivity contribution in [1.82, 2.24) is 10.2 Å². The van der Waals surface area contributed by atoms with Crippen LogP contribution in [-0.4, -0.2) is 50.0 Å². The van der Waals surface area contributed by atoms with Crippen LogP contribution in [0.4, 0.5) is 10.1 Å². The summed E-state index contributed by atoms with van der Waals surface area (Å²) < 4.78 is 42.0. The van der Waals surface area contributed by atoms with Gasteiger partial charge in [-0.15, -0.1) is 0 Å². The average molecular weight is 580 g/mol. The molecule has 1 N–H and O–H groups in total. The SMILES string of the molecule is CCc1ccccc1N(CC(=O)N(Cc1ccccc1F)[C@@H](Cc1ccccc1)C(=O)NC1CCCC1)S(C)(=O)=O. The van der Waals surface area contributed by atoms with E-state index in [1.54, 1.807) is 30.3 Å². The Kier molecular flexibility index (Phi) is 10.2. The van der Waals surface area contributed by atoms with Gasteiger partial charge in [-0.3, -0.25) is 13.9 Å². The van der Waals surface area contributed by atoms with Crippen LogP contribution in [0.5, 0.6) is 0 Å². The third-order valence-corrected chi connectivity index (χ3v) is 8.72. The fourth-order valence-corrected chi connectivity index (χ4v) is 6.26. The highest BCUT2D eigenvalue weighted by Gasteiger charge is 2.35. The van der Waals surface area contributed by atoms with E-state index in [0.717, 1.165) is 47.4 Å². The highest BCUT2D eigenvalue weighted by molar-refractivity contribution is 7.92. The van der Waals surface area contributed by atoms with Gasteiger partial charge in [0.2, 0.25) is 21.8 Å². The van der Waals surface area contributed by atoms with Gasteiger partial charge in [-0.25, -0.2) is 12.8 Å². The Morgan fingerprint density at radius 1 is 0.927 bits per heavy atom. The summed E-state index contributed by atoms with van der Waals surface area (Å²) in [6.45, 7) is 1.20. The summed E-state index contributed by atoms with van der Waals surface area (Å²) in [4.78, 5) is 29.4. The molecule has 0 spiro atoms. The van der Waals surface area contributed by atoms with Gasteiger partial charge in [0.25, 0.3) is 0 Å². The molecule has 3 aromatic carbocycles. The van der Waals surface area contributed by atoms with Crippen LogP contribution < -0.4 is 9.62 Å². The highest BCUT2D eigenvalue weighted by atomic mass is 32.2. The summed E-state index contributed by atoms with van der Waals surface area (Å²) in [5, 5.41) is 3.11. The quantitative estimate of drug-likeness (QED) is 0.332. The Labute approximate surface area is 242 Å². The second-order valence-corrected chi connectivity index (χ2v) is 12.5. The Balaban J connectivity index is 1.75. The summed E-state index contributed by atoms with van der Waals surface area (Å²) in [5.41, 5.74) is 2.26. The van der Waals surface area contributed by atoms with Crippen LogP contribution in [0.25, 0.3) is 0 Å². The molecule has 1 fully saturated rings. The first kappa shape index (κ1) is 30.2. The first-order valence-corrected chi connectivity index (χ1v) is 15.9. The van der Waals surface area contributed by atoms with Crippen LogP contribution in [0, 0.1) is 5.82 Å². The maximum absolute atomic E-state index is 14.9. The van der Waals surface area contributed by atoms with Crippen molar-refractivity contribution in [2.75, 3.05) is 17.1 Å². The summed E-state index contributed by atoms with van der Waals surface area (Å²) in [7, 11) is -3.87. The van der Waals surface area contributed by atoms with E-state index in [-0.39, 0.29) is 30.5 Å². The molecular formula is C32H38FN3O4S. The number of nitrogens with one attached hydrogen (secondary N) is 1. The van der Waals surface area contributed by atoms with Crippen molar-refractivity contribution in [2.24, 2.45) is 0 Å². The van der Waals surface area contributed by atoms with Crippen molar-refractivity contribution in [1.29, 1.82) is 0 Å². The van der Waals surface area contributed by atoms with E-state index in [2.05, 4.69) is 5.32 Å². The molecule has 0 aromatic heterocycles. The van der Waals surface area contributed by atoms with Crippen molar-refractivity contribution in [3.05, 3.63) is 101 Å². The zero-order valence-electron chi connectivity index (χ0n) is 23.6. The van der Waals surface area contributed by atoms with Crippen molar-refractivity contribution < 1.29 is 22.4 Å². The lowest BCUT2D eigenvalue weighted by Crippen LogP contribution is -2.54. The molecule has 3 aromatic rings. The first-order valence-electron chi connectivity index (χ1n) is 14.1. The Bertz CT molecular complexity index is 1440. The summed E-state index contributed by atoms with van der Waals surface area (Å²) in [6, 6.07) is 21.5. The molecule has 1 saturated carbocycles. The largest absolute Gasteiger partial charge is 0.352 e. The first-order chi connectivity index (χ1) is 19.7. The van der Waals surface area contributed by atoms with E-state index in [9.17, 15) is 22.4 Å². The van der Waals surface area contributed by atoms with E-state index >= 15 is 0 Å². The van der Waals surface area contributed by atoms with Crippen LogP contribution in [0.3, 0.4) is 0 Å². The van der Waals surface area contributed by atoms with Crippen LogP contribution >= 0.6 is 0 Å². The van der Waals surface area contributed by atoms with Crippen LogP contribution in [0.15, 0.2) is 78.9 Å². The number of benzene rings is 3. The minimum Gasteiger partial charge on any atom is -0.352 e. The molecule has 218 valence electrons. The van der Waals surface area contributed by atoms with E-state index in [0.29, 0.717) is 12.1 Å². The number of carbonyl (C=O) groups excluding carboxylic acids is 2. The van der Waals surface area contributed by atoms with E-state index in [1.807, 2.05) is 49.4 Å². The molecule has 1 aliphatic carbocycles. The van der Waals surface area contributed by atoms with Crippen LogP contribution in [0.1, 0.15) is 49.3 Å². The maximum atomic E-state index is 14.9. The maximum Gasteiger partial charge on any atom is 0.244 e. The molecule has 0 bridgehead atoms. The predicted octanol–water partition coefficient (Wildman–Crippen LogP) is 4.85. The lowest BCUT2D eigenvalue weighted by atomic mass is 10.0. The Hall–Kier alpha value is -3.72. The number of amides is 2. The topological polar surface area (TPSA) is 86.8 Å². The number of carbonyl (C=O) groups is 2. The average Bonchev–Trinajstić information content (AvgIpc) is 3.47. The van der Waals surface area contributed by atoms with Gasteiger partial charge in [-0.2, -0.15) is 0 Å². The van der Waals surface area contributed by atoms with Crippen molar-refractivity contribution >= 4 is 27.5 Å². The van der Waals surface area contributed by atoms with Gasteiger partial charge in [-0.1, -0.05) is 86.5 Å². The van der Waals surface area contributed by atoms with E-state index in [4.69, 9.17) is 0 Å². The predicted molar refractivity (Wildman–Crippen MR) is 159 cm³/mol. The van der Waals surface area contributed by atoms with Gasteiger partial charge in [0, 0.05) is 24.6 Å². The molecular weight excluding hydrogens is 541 g/mol. The zero-order chi connectivity index (χ0) is 29.4. The Morgan fingerprint density at radius 2 is 1.54 bits per heavy atom. The smallest absolute Gasteiger partial charge is 0.244 e. The number of nitrogens with zero attached hydrogens (tertiary/aromatic N) is 2. The van der Waals surface area contributed by atoms with Gasteiger partial charge in [0.05, 0.1) is 11.9 Å². The number of hydrogen-bond donors (Lipinski definition) is 1. The van der Waals surface area contributed by atoms with Crippen LogP contribution in [-0.2, 0) is 39.0 Å². The molecule has 7 nitrogen and oxygen atoms in total. The number of rotatable bonds is 12. The number of halogens is 1. The zero-order valence-corrected chi connectivity index (χ0v) is 24.4. The van der Waals surface area contributed by atoms with Gasteiger partial charge < -0.3 is 10.2 Å². The van der Waals surface area contributed by atoms with Gasteiger partial charge >= 0.3 is 0 Å². The van der Waals surface area contributed by atoms with Gasteiger partial charge in [0.15, 0.2) is 0 Å². The molecule has 0 radical (unpaired) electrons. The molecule has 0 heterocycles. The Morgan fingerprint density at radius 3 is 2.17 bits per heavy atom. The van der Waals surface area contributed by atoms with Crippen molar-refractivity contribution in [3.63, 3.8) is 0 Å². The molecule has 41 heavy (non-hydrogen) atoms. The lowest BCUT2D eigenvalue weighted by molar-refractivity contribution is -0.140. The molecule has 2 amide bonds. The van der Waals surface area contributed by atoms with E-state index in [1.165, 1.54) is 11.0 Å². The minimum atomic E-state index is -3.87. The summed E-state index contributed by atoms with van der Waals surface area (Å²) in [5.74, 6) is -1.42. The number of aryl methyl sites for hydroxylation is 1. The monoisotopic (exact) mass is 579 g/mol. The van der Waals surface area contributed by atoms with Gasteiger partial charge in [0.1, 0.15) is 18.4 Å². The molecule has 0 unspecified atom stereocenters. The third kappa shape index (κ3) is 7.94. The minimum absolute atomic E-state index is 0.00939. The summed E-state index contributed by atoms with van der Waals surface area (Å²) in [6.07, 6.45) is 5.59.